The van der Waals surface area contributed by atoms with E-state index in [1.54, 1.807) is 24.3 Å². The van der Waals surface area contributed by atoms with Crippen LogP contribution in [0.15, 0.2) is 30.3 Å². The fourth-order valence-electron chi connectivity index (χ4n) is 1.87. The third-order valence-electron chi connectivity index (χ3n) is 2.66. The van der Waals surface area contributed by atoms with Crippen molar-refractivity contribution in [2.75, 3.05) is 7.11 Å². The summed E-state index contributed by atoms with van der Waals surface area (Å²) in [5, 5.41) is 0. The minimum atomic E-state index is -4.92. The van der Waals surface area contributed by atoms with Crippen molar-refractivity contribution in [2.45, 2.75) is 6.18 Å². The molecule has 19 heavy (non-hydrogen) atoms. The van der Waals surface area contributed by atoms with E-state index in [2.05, 4.69) is 0 Å². The summed E-state index contributed by atoms with van der Waals surface area (Å²) in [6, 6.07) is 8.12. The third kappa shape index (κ3) is 2.41. The van der Waals surface area contributed by atoms with Gasteiger partial charge < -0.3 is 4.74 Å². The number of carbonyl (C=O) groups excluding carboxylic acids is 1. The largest absolute Gasteiger partial charge is 0.495 e. The van der Waals surface area contributed by atoms with E-state index in [0.717, 1.165) is 0 Å². The lowest BCUT2D eigenvalue weighted by atomic mass is 10.1. The van der Waals surface area contributed by atoms with E-state index in [9.17, 15) is 18.0 Å². The first-order valence-electron chi connectivity index (χ1n) is 5.23. The van der Waals surface area contributed by atoms with Crippen LogP contribution in [-0.2, 0) is 0 Å². The standard InChI is InChI=1S/C13H8F3IO2/c1-19-11-9(12(18)13(14,15)16)7-5-3-2-4-6-8(7)10(11)17/h2-6H,1H3. The monoisotopic (exact) mass is 380 g/mol. The lowest BCUT2D eigenvalue weighted by molar-refractivity contribution is -0.0885. The Labute approximate surface area is 121 Å². The molecule has 0 spiro atoms. The Morgan fingerprint density at radius 3 is 2.26 bits per heavy atom. The fraction of sp³-hybridized carbons (Fsp3) is 0.154. The summed E-state index contributed by atoms with van der Waals surface area (Å²) in [7, 11) is 1.25. The first-order valence-corrected chi connectivity index (χ1v) is 6.31. The summed E-state index contributed by atoms with van der Waals surface area (Å²) in [4.78, 5) is 11.6. The maximum atomic E-state index is 12.7. The van der Waals surface area contributed by atoms with Crippen molar-refractivity contribution in [3.05, 3.63) is 39.5 Å². The molecule has 0 aliphatic heterocycles. The van der Waals surface area contributed by atoms with Crippen molar-refractivity contribution >= 4 is 28.4 Å². The van der Waals surface area contributed by atoms with Gasteiger partial charge in [0.2, 0.25) is 0 Å². The fourth-order valence-corrected chi connectivity index (χ4v) is 2.83. The molecular weight excluding hydrogens is 372 g/mol. The van der Waals surface area contributed by atoms with Crippen LogP contribution in [-0.4, -0.2) is 19.1 Å². The Hall–Kier alpha value is -1.31. The lowest BCUT2D eigenvalue weighted by Gasteiger charge is -2.07. The first kappa shape index (κ1) is 14.1. The lowest BCUT2D eigenvalue weighted by Crippen LogP contribution is -2.23. The molecule has 0 aromatic carbocycles. The van der Waals surface area contributed by atoms with Gasteiger partial charge in [0.1, 0.15) is 5.75 Å². The average molecular weight is 380 g/mol. The van der Waals surface area contributed by atoms with Crippen LogP contribution in [0, 0.1) is 3.57 Å². The average Bonchev–Trinajstić information content (AvgIpc) is 2.52. The van der Waals surface area contributed by atoms with E-state index in [4.69, 9.17) is 4.74 Å². The number of ketones is 1. The second-order valence-corrected chi connectivity index (χ2v) is 4.87. The van der Waals surface area contributed by atoms with E-state index in [-0.39, 0.29) is 11.3 Å². The molecule has 6 heteroatoms. The molecular formula is C13H8F3IO2. The zero-order valence-electron chi connectivity index (χ0n) is 9.72. The molecule has 2 aliphatic rings. The Balaban J connectivity index is 2.79. The molecule has 0 heterocycles. The van der Waals surface area contributed by atoms with E-state index in [1.165, 1.54) is 13.2 Å². The van der Waals surface area contributed by atoms with E-state index in [0.29, 0.717) is 9.13 Å². The molecule has 0 fully saturated rings. The third-order valence-corrected chi connectivity index (χ3v) is 3.73. The van der Waals surface area contributed by atoms with Crippen molar-refractivity contribution in [3.8, 4) is 16.9 Å². The van der Waals surface area contributed by atoms with Gasteiger partial charge >= 0.3 is 6.18 Å². The molecule has 100 valence electrons. The SMILES string of the molecule is COc1c(I)c2cccccc-2c1C(=O)C(F)(F)F. The topological polar surface area (TPSA) is 26.3 Å². The summed E-state index contributed by atoms with van der Waals surface area (Å²) < 4.78 is 43.5. The van der Waals surface area contributed by atoms with Crippen LogP contribution in [0.25, 0.3) is 11.1 Å². The van der Waals surface area contributed by atoms with Crippen molar-refractivity contribution in [3.63, 3.8) is 0 Å². The maximum Gasteiger partial charge on any atom is 0.455 e. The zero-order chi connectivity index (χ0) is 14.2. The predicted octanol–water partition coefficient (Wildman–Crippen LogP) is 4.15. The van der Waals surface area contributed by atoms with Gasteiger partial charge in [0, 0.05) is 0 Å². The Bertz CT molecular complexity index is 608. The second kappa shape index (κ2) is 4.99. The van der Waals surface area contributed by atoms with Gasteiger partial charge in [0.05, 0.1) is 16.2 Å². The van der Waals surface area contributed by atoms with Gasteiger partial charge in [-0.15, -0.1) is 0 Å². The summed E-state index contributed by atoms with van der Waals surface area (Å²) in [6.45, 7) is 0. The molecule has 0 bridgehead atoms. The molecule has 0 saturated heterocycles. The van der Waals surface area contributed by atoms with Crippen LogP contribution < -0.4 is 4.74 Å². The summed E-state index contributed by atoms with van der Waals surface area (Å²) >= 11 is 1.88. The van der Waals surface area contributed by atoms with Crippen molar-refractivity contribution in [2.24, 2.45) is 0 Å². The predicted molar refractivity (Wildman–Crippen MR) is 72.7 cm³/mol. The van der Waals surface area contributed by atoms with Crippen LogP contribution in [0.3, 0.4) is 0 Å². The van der Waals surface area contributed by atoms with Crippen LogP contribution in [0.2, 0.25) is 0 Å². The number of Topliss-reactive ketones (excluding diaryl/α,β-unsaturated/α-hetero) is 1. The minimum absolute atomic E-state index is 0.0240. The van der Waals surface area contributed by atoms with Gasteiger partial charge in [0.15, 0.2) is 0 Å². The Kier molecular flexibility index (Phi) is 3.71. The number of ether oxygens (including phenoxy) is 1. The molecule has 0 N–H and O–H groups in total. The van der Waals surface area contributed by atoms with Gasteiger partial charge in [-0.25, -0.2) is 0 Å². The molecule has 2 rings (SSSR count). The quantitative estimate of drug-likeness (QED) is 0.578. The molecule has 0 radical (unpaired) electrons. The van der Waals surface area contributed by atoms with Gasteiger partial charge in [-0.05, 0) is 33.7 Å². The molecule has 0 saturated carbocycles. The normalized spacial score (nSPS) is 11.6. The number of rotatable bonds is 2. The van der Waals surface area contributed by atoms with Gasteiger partial charge in [-0.2, -0.15) is 13.2 Å². The van der Waals surface area contributed by atoms with Crippen LogP contribution in [0.1, 0.15) is 10.4 Å². The summed E-state index contributed by atoms with van der Waals surface area (Å²) in [5.74, 6) is -1.91. The van der Waals surface area contributed by atoms with Crippen LogP contribution >= 0.6 is 22.6 Å². The van der Waals surface area contributed by atoms with Gasteiger partial charge in [-0.3, -0.25) is 4.79 Å². The van der Waals surface area contributed by atoms with Crippen LogP contribution in [0.5, 0.6) is 5.75 Å². The highest BCUT2D eigenvalue weighted by atomic mass is 127. The van der Waals surface area contributed by atoms with Crippen molar-refractivity contribution < 1.29 is 22.7 Å². The van der Waals surface area contributed by atoms with E-state index < -0.39 is 17.5 Å². The number of carbonyl (C=O) groups is 1. The molecule has 0 unspecified atom stereocenters. The number of halogens is 4. The molecule has 2 aliphatic carbocycles. The molecule has 0 atom stereocenters. The highest BCUT2D eigenvalue weighted by molar-refractivity contribution is 14.1. The number of alkyl halides is 3. The number of hydrogen-bond acceptors (Lipinski definition) is 2. The highest BCUT2D eigenvalue weighted by Crippen LogP contribution is 2.44. The smallest absolute Gasteiger partial charge is 0.455 e. The van der Waals surface area contributed by atoms with Crippen LogP contribution in [0.4, 0.5) is 13.2 Å². The first-order chi connectivity index (χ1) is 8.88. The zero-order valence-corrected chi connectivity index (χ0v) is 11.9. The molecule has 0 amide bonds. The van der Waals surface area contributed by atoms with Gasteiger partial charge in [-0.1, -0.05) is 30.3 Å². The Morgan fingerprint density at radius 2 is 1.74 bits per heavy atom. The van der Waals surface area contributed by atoms with Crippen molar-refractivity contribution in [1.29, 1.82) is 0 Å². The molecule has 0 aromatic heterocycles. The maximum absolute atomic E-state index is 12.7. The van der Waals surface area contributed by atoms with Gasteiger partial charge in [0.25, 0.3) is 5.78 Å². The van der Waals surface area contributed by atoms with E-state index in [1.807, 2.05) is 22.6 Å². The second-order valence-electron chi connectivity index (χ2n) is 3.79. The highest BCUT2D eigenvalue weighted by Gasteiger charge is 2.44. The summed E-state index contributed by atoms with van der Waals surface area (Å²) in [6.07, 6.45) is -4.92. The number of methoxy groups -OCH3 is 1. The number of hydrogen-bond donors (Lipinski definition) is 0. The molecule has 2 nitrogen and oxygen atoms in total. The molecule has 0 aromatic rings. The van der Waals surface area contributed by atoms with E-state index >= 15 is 0 Å². The minimum Gasteiger partial charge on any atom is -0.495 e. The van der Waals surface area contributed by atoms with Crippen molar-refractivity contribution in [1.82, 2.24) is 0 Å². The Morgan fingerprint density at radius 1 is 1.16 bits per heavy atom. The number of fused-ring (bicyclic) bond motifs is 1. The summed E-state index contributed by atoms with van der Waals surface area (Å²) in [5.41, 5.74) is 0.384.